The van der Waals surface area contributed by atoms with Crippen molar-refractivity contribution in [3.05, 3.63) is 57.7 Å². The molecule has 26 heavy (non-hydrogen) atoms. The predicted octanol–water partition coefficient (Wildman–Crippen LogP) is 2.47. The minimum Gasteiger partial charge on any atom is -0.493 e. The van der Waals surface area contributed by atoms with Gasteiger partial charge in [-0.3, -0.25) is 4.79 Å². The van der Waals surface area contributed by atoms with Gasteiger partial charge >= 0.3 is 5.97 Å². The number of hydrogen-bond acceptors (Lipinski definition) is 7. The van der Waals surface area contributed by atoms with Gasteiger partial charge in [-0.1, -0.05) is 0 Å². The van der Waals surface area contributed by atoms with Crippen LogP contribution in [0.2, 0.25) is 0 Å². The molecule has 2 aromatic carbocycles. The number of carbonyl (C=O) groups excluding carboxylic acids is 1. The van der Waals surface area contributed by atoms with Crippen LogP contribution in [0.3, 0.4) is 0 Å². The number of anilines is 1. The van der Waals surface area contributed by atoms with Crippen molar-refractivity contribution in [3.63, 3.8) is 0 Å². The standard InChI is InChI=1S/C19H21NO6/c1-23-16-9-12(10-17(24-2)18(16)25-3)11-20-14-7-5-13(19(22)26-4)6-8-15(14)21/h5-10H,11H2,1-4H3,(H,20,21). The number of esters is 1. The fraction of sp³-hybridized carbons (Fsp3) is 0.263. The van der Waals surface area contributed by atoms with Gasteiger partial charge < -0.3 is 24.3 Å². The Morgan fingerprint density at radius 1 is 0.923 bits per heavy atom. The van der Waals surface area contributed by atoms with Crippen molar-refractivity contribution in [2.75, 3.05) is 33.8 Å². The minimum atomic E-state index is -0.504. The second-order valence-corrected chi connectivity index (χ2v) is 5.28. The molecule has 7 heteroatoms. The lowest BCUT2D eigenvalue weighted by Gasteiger charge is -2.14. The fourth-order valence-electron chi connectivity index (χ4n) is 2.40. The lowest BCUT2D eigenvalue weighted by Crippen LogP contribution is -2.08. The summed E-state index contributed by atoms with van der Waals surface area (Å²) in [6, 6.07) is 9.42. The predicted molar refractivity (Wildman–Crippen MR) is 97.5 cm³/mol. The van der Waals surface area contributed by atoms with Gasteiger partial charge in [0.15, 0.2) is 11.5 Å². The van der Waals surface area contributed by atoms with Crippen molar-refractivity contribution in [1.29, 1.82) is 0 Å². The third-order valence-electron chi connectivity index (χ3n) is 3.74. The number of benzene rings is 1. The van der Waals surface area contributed by atoms with E-state index in [0.29, 0.717) is 35.0 Å². The molecule has 0 aromatic heterocycles. The smallest absolute Gasteiger partial charge is 0.337 e. The molecule has 0 spiro atoms. The summed E-state index contributed by atoms with van der Waals surface area (Å²) in [4.78, 5) is 23.7. The molecule has 0 aliphatic carbocycles. The van der Waals surface area contributed by atoms with Crippen molar-refractivity contribution in [2.45, 2.75) is 6.54 Å². The summed E-state index contributed by atoms with van der Waals surface area (Å²) in [6.45, 7) is 0.351. The van der Waals surface area contributed by atoms with Gasteiger partial charge in [0.05, 0.1) is 39.7 Å². The molecule has 0 saturated heterocycles. The Bertz CT molecular complexity index is 825. The van der Waals surface area contributed by atoms with Crippen LogP contribution < -0.4 is 25.0 Å². The number of methoxy groups -OCH3 is 4. The van der Waals surface area contributed by atoms with Crippen LogP contribution in [0.1, 0.15) is 15.9 Å². The van der Waals surface area contributed by atoms with Crippen LogP contribution in [0.15, 0.2) is 41.2 Å². The van der Waals surface area contributed by atoms with E-state index in [4.69, 9.17) is 14.2 Å². The molecule has 0 amide bonds. The summed E-state index contributed by atoms with van der Waals surface area (Å²) in [5.41, 5.74) is 1.24. The molecule has 1 N–H and O–H groups in total. The molecule has 0 radical (unpaired) electrons. The molecule has 0 atom stereocenters. The zero-order valence-electron chi connectivity index (χ0n) is 15.1. The number of carbonyl (C=O) groups is 1. The molecule has 0 bridgehead atoms. The van der Waals surface area contributed by atoms with Crippen molar-refractivity contribution >= 4 is 11.7 Å². The van der Waals surface area contributed by atoms with Gasteiger partial charge in [-0.15, -0.1) is 0 Å². The number of nitrogens with one attached hydrogen (secondary N) is 1. The van der Waals surface area contributed by atoms with Gasteiger partial charge in [0, 0.05) is 6.54 Å². The molecule has 138 valence electrons. The van der Waals surface area contributed by atoms with Crippen molar-refractivity contribution in [1.82, 2.24) is 0 Å². The van der Waals surface area contributed by atoms with Crippen LogP contribution in [0.25, 0.3) is 0 Å². The molecule has 0 heterocycles. The maximum absolute atomic E-state index is 12.2. The molecular formula is C19H21NO6. The van der Waals surface area contributed by atoms with E-state index in [0.717, 1.165) is 5.56 Å². The highest BCUT2D eigenvalue weighted by molar-refractivity contribution is 5.89. The largest absolute Gasteiger partial charge is 0.493 e. The van der Waals surface area contributed by atoms with E-state index in [1.165, 1.54) is 46.6 Å². The van der Waals surface area contributed by atoms with Crippen LogP contribution in [0.4, 0.5) is 5.69 Å². The third kappa shape index (κ3) is 4.24. The monoisotopic (exact) mass is 359 g/mol. The van der Waals surface area contributed by atoms with Gasteiger partial charge in [0.1, 0.15) is 0 Å². The van der Waals surface area contributed by atoms with E-state index < -0.39 is 5.97 Å². The van der Waals surface area contributed by atoms with Gasteiger partial charge in [0.25, 0.3) is 0 Å². The van der Waals surface area contributed by atoms with Crippen molar-refractivity contribution in [2.24, 2.45) is 0 Å². The van der Waals surface area contributed by atoms with Crippen LogP contribution in [-0.2, 0) is 11.3 Å². The Kier molecular flexibility index (Phi) is 6.43. The molecule has 0 fully saturated rings. The molecule has 2 aromatic rings. The average molecular weight is 359 g/mol. The first kappa shape index (κ1) is 19.1. The van der Waals surface area contributed by atoms with E-state index in [2.05, 4.69) is 10.1 Å². The first-order valence-corrected chi connectivity index (χ1v) is 7.79. The van der Waals surface area contributed by atoms with E-state index in [9.17, 15) is 9.59 Å². The maximum Gasteiger partial charge on any atom is 0.337 e. The van der Waals surface area contributed by atoms with Gasteiger partial charge in [-0.2, -0.15) is 0 Å². The van der Waals surface area contributed by atoms with Crippen molar-refractivity contribution in [3.8, 4) is 17.2 Å². The Hall–Kier alpha value is -3.22. The van der Waals surface area contributed by atoms with E-state index in [1.807, 2.05) is 0 Å². The minimum absolute atomic E-state index is 0.243. The highest BCUT2D eigenvalue weighted by Gasteiger charge is 2.13. The van der Waals surface area contributed by atoms with Crippen molar-refractivity contribution < 1.29 is 23.7 Å². The topological polar surface area (TPSA) is 83.1 Å². The van der Waals surface area contributed by atoms with E-state index in [1.54, 1.807) is 18.2 Å². The normalized spacial score (nSPS) is 10.0. The lowest BCUT2D eigenvalue weighted by atomic mass is 10.1. The molecule has 0 unspecified atom stereocenters. The summed E-state index contributed by atoms with van der Waals surface area (Å²) in [5.74, 6) is 1.04. The highest BCUT2D eigenvalue weighted by Crippen LogP contribution is 2.38. The maximum atomic E-state index is 12.2. The van der Waals surface area contributed by atoms with Gasteiger partial charge in [-0.05, 0) is 42.0 Å². The van der Waals surface area contributed by atoms with Crippen LogP contribution in [0.5, 0.6) is 17.2 Å². The zero-order chi connectivity index (χ0) is 19.1. The van der Waals surface area contributed by atoms with E-state index >= 15 is 0 Å². The van der Waals surface area contributed by atoms with Crippen LogP contribution in [-0.4, -0.2) is 34.4 Å². The zero-order valence-corrected chi connectivity index (χ0v) is 15.1. The van der Waals surface area contributed by atoms with Crippen LogP contribution >= 0.6 is 0 Å². The molecular weight excluding hydrogens is 338 g/mol. The van der Waals surface area contributed by atoms with Gasteiger partial charge in [0.2, 0.25) is 11.2 Å². The Morgan fingerprint density at radius 2 is 1.54 bits per heavy atom. The summed E-state index contributed by atoms with van der Waals surface area (Å²) in [5, 5.41) is 3.06. The first-order valence-electron chi connectivity index (χ1n) is 7.79. The SMILES string of the molecule is COC(=O)c1ccc(NCc2cc(OC)c(OC)c(OC)c2)c(=O)cc1. The molecule has 2 rings (SSSR count). The molecule has 0 aliphatic rings. The number of hydrogen-bond donors (Lipinski definition) is 1. The summed E-state index contributed by atoms with van der Waals surface area (Å²) in [6.07, 6.45) is 0. The summed E-state index contributed by atoms with van der Waals surface area (Å²) < 4.78 is 20.6. The average Bonchev–Trinajstić information content (AvgIpc) is 2.86. The van der Waals surface area contributed by atoms with Gasteiger partial charge in [-0.25, -0.2) is 4.79 Å². The second kappa shape index (κ2) is 8.75. The molecule has 0 saturated carbocycles. The Morgan fingerprint density at radius 3 is 2.08 bits per heavy atom. The summed E-state index contributed by atoms with van der Waals surface area (Å²) >= 11 is 0. The van der Waals surface area contributed by atoms with E-state index in [-0.39, 0.29) is 5.43 Å². The lowest BCUT2D eigenvalue weighted by molar-refractivity contribution is 0.0601. The highest BCUT2D eigenvalue weighted by atomic mass is 16.5. The van der Waals surface area contributed by atoms with Crippen LogP contribution in [0, 0.1) is 0 Å². The molecule has 7 nitrogen and oxygen atoms in total. The fourth-order valence-corrected chi connectivity index (χ4v) is 2.40. The Labute approximate surface area is 151 Å². The second-order valence-electron chi connectivity index (χ2n) is 5.28. The Balaban J connectivity index is 2.27. The quantitative estimate of drug-likeness (QED) is 0.760. The third-order valence-corrected chi connectivity index (χ3v) is 3.74. The first-order chi connectivity index (χ1) is 12.5. The number of ether oxygens (including phenoxy) is 4. The molecule has 0 aliphatic heterocycles. The number of rotatable bonds is 7. The summed E-state index contributed by atoms with van der Waals surface area (Å²) in [7, 11) is 5.90.